The maximum absolute atomic E-state index is 6.39. The molecule has 0 aromatic heterocycles. The predicted octanol–water partition coefficient (Wildman–Crippen LogP) is 5.06. The molecule has 0 aliphatic heterocycles. The summed E-state index contributed by atoms with van der Waals surface area (Å²) in [4.78, 5) is 0. The lowest BCUT2D eigenvalue weighted by molar-refractivity contribution is 0.0301. The van der Waals surface area contributed by atoms with Crippen LogP contribution in [-0.2, 0) is 0 Å². The van der Waals surface area contributed by atoms with Gasteiger partial charge in [0.2, 0.25) is 0 Å². The molecule has 116 valence electrons. The third-order valence-electron chi connectivity index (χ3n) is 6.45. The topological polar surface area (TPSA) is 35.2 Å². The molecule has 2 nitrogen and oxygen atoms in total. The van der Waals surface area contributed by atoms with Gasteiger partial charge in [-0.25, -0.2) is 0 Å². The minimum absolute atomic E-state index is 0.0346. The van der Waals surface area contributed by atoms with Crippen LogP contribution in [0.1, 0.15) is 58.6 Å². The number of fused-ring (bicyclic) bond motifs is 2. The van der Waals surface area contributed by atoms with Gasteiger partial charge in [-0.05, 0) is 55.2 Å². The van der Waals surface area contributed by atoms with E-state index in [9.17, 15) is 0 Å². The van der Waals surface area contributed by atoms with Crippen LogP contribution in [-0.4, -0.2) is 6.10 Å². The summed E-state index contributed by atoms with van der Waals surface area (Å²) in [7, 11) is 0. The fourth-order valence-corrected chi connectivity index (χ4v) is 5.14. The van der Waals surface area contributed by atoms with Gasteiger partial charge < -0.3 is 10.5 Å². The van der Waals surface area contributed by atoms with Crippen molar-refractivity contribution >= 4 is 15.9 Å². The highest BCUT2D eigenvalue weighted by atomic mass is 79.9. The molecule has 1 aromatic rings. The van der Waals surface area contributed by atoms with Crippen molar-refractivity contribution < 1.29 is 4.74 Å². The van der Waals surface area contributed by atoms with Crippen molar-refractivity contribution in [2.24, 2.45) is 22.5 Å². The van der Waals surface area contributed by atoms with E-state index in [4.69, 9.17) is 10.5 Å². The van der Waals surface area contributed by atoms with E-state index in [2.05, 4.69) is 54.9 Å². The molecule has 2 saturated carbocycles. The molecule has 3 rings (SSSR count). The smallest absolute Gasteiger partial charge is 0.120 e. The third-order valence-corrected chi connectivity index (χ3v) is 7.14. The fraction of sp³-hybridized carbons (Fsp3) is 0.667. The SMILES string of the molecule is C[C@@H](N)c1ccc(OC2CC3CCC2(C)C3(C)C)cc1Br. The first kappa shape index (κ1) is 15.4. The van der Waals surface area contributed by atoms with Crippen molar-refractivity contribution in [3.63, 3.8) is 0 Å². The first-order chi connectivity index (χ1) is 9.75. The molecule has 2 fully saturated rings. The first-order valence-corrected chi connectivity index (χ1v) is 8.76. The highest BCUT2D eigenvalue weighted by Crippen LogP contribution is 2.66. The Balaban J connectivity index is 1.81. The molecule has 0 saturated heterocycles. The Hall–Kier alpha value is -0.540. The van der Waals surface area contributed by atoms with Crippen LogP contribution in [0.5, 0.6) is 5.75 Å². The molecule has 2 N–H and O–H groups in total. The molecular weight excluding hydrogens is 326 g/mol. The molecule has 21 heavy (non-hydrogen) atoms. The van der Waals surface area contributed by atoms with E-state index in [0.29, 0.717) is 16.9 Å². The van der Waals surface area contributed by atoms with Gasteiger partial charge in [-0.3, -0.25) is 0 Å². The summed E-state index contributed by atoms with van der Waals surface area (Å²) in [6.45, 7) is 9.25. The van der Waals surface area contributed by atoms with Crippen LogP contribution in [0.2, 0.25) is 0 Å². The number of ether oxygens (including phenoxy) is 1. The van der Waals surface area contributed by atoms with Crippen LogP contribution in [0, 0.1) is 16.7 Å². The van der Waals surface area contributed by atoms with Crippen LogP contribution in [0.25, 0.3) is 0 Å². The Morgan fingerprint density at radius 1 is 1.33 bits per heavy atom. The summed E-state index contributed by atoms with van der Waals surface area (Å²) < 4.78 is 7.44. The van der Waals surface area contributed by atoms with Gasteiger partial charge in [0.05, 0.1) is 0 Å². The zero-order valence-corrected chi connectivity index (χ0v) is 15.0. The number of benzene rings is 1. The number of hydrogen-bond donors (Lipinski definition) is 1. The van der Waals surface area contributed by atoms with Crippen molar-refractivity contribution in [1.29, 1.82) is 0 Å². The molecule has 0 radical (unpaired) electrons. The minimum Gasteiger partial charge on any atom is -0.490 e. The van der Waals surface area contributed by atoms with E-state index in [-0.39, 0.29) is 6.04 Å². The molecule has 3 heteroatoms. The van der Waals surface area contributed by atoms with E-state index in [1.165, 1.54) is 19.3 Å². The molecule has 0 amide bonds. The van der Waals surface area contributed by atoms with Crippen molar-refractivity contribution in [2.45, 2.75) is 59.1 Å². The van der Waals surface area contributed by atoms with Gasteiger partial charge in [-0.2, -0.15) is 0 Å². The molecule has 2 bridgehead atoms. The molecule has 4 atom stereocenters. The lowest BCUT2D eigenvalue weighted by Crippen LogP contribution is -2.38. The van der Waals surface area contributed by atoms with Crippen LogP contribution in [0.3, 0.4) is 0 Å². The summed E-state index contributed by atoms with van der Waals surface area (Å²) in [5.41, 5.74) is 7.78. The van der Waals surface area contributed by atoms with E-state index in [1.54, 1.807) is 0 Å². The zero-order valence-electron chi connectivity index (χ0n) is 13.4. The van der Waals surface area contributed by atoms with Gasteiger partial charge in [0, 0.05) is 15.9 Å². The average molecular weight is 352 g/mol. The van der Waals surface area contributed by atoms with Crippen molar-refractivity contribution in [1.82, 2.24) is 0 Å². The average Bonchev–Trinajstić information content (AvgIpc) is 2.71. The van der Waals surface area contributed by atoms with E-state index in [1.807, 2.05) is 6.92 Å². The van der Waals surface area contributed by atoms with Crippen LogP contribution < -0.4 is 10.5 Å². The second-order valence-electron chi connectivity index (χ2n) is 7.69. The molecule has 2 aliphatic rings. The third kappa shape index (κ3) is 2.24. The molecule has 3 unspecified atom stereocenters. The summed E-state index contributed by atoms with van der Waals surface area (Å²) in [6.07, 6.45) is 4.17. The predicted molar refractivity (Wildman–Crippen MR) is 90.4 cm³/mol. The molecule has 2 aliphatic carbocycles. The van der Waals surface area contributed by atoms with Gasteiger partial charge in [-0.1, -0.05) is 42.8 Å². The van der Waals surface area contributed by atoms with Gasteiger partial charge in [0.1, 0.15) is 11.9 Å². The molecule has 0 heterocycles. The largest absolute Gasteiger partial charge is 0.490 e. The van der Waals surface area contributed by atoms with Crippen LogP contribution in [0.4, 0.5) is 0 Å². The minimum atomic E-state index is 0.0346. The van der Waals surface area contributed by atoms with E-state index < -0.39 is 0 Å². The maximum Gasteiger partial charge on any atom is 0.120 e. The van der Waals surface area contributed by atoms with E-state index >= 15 is 0 Å². The Morgan fingerprint density at radius 3 is 2.52 bits per heavy atom. The Bertz CT molecular complexity index is 554. The van der Waals surface area contributed by atoms with Gasteiger partial charge in [-0.15, -0.1) is 0 Å². The number of hydrogen-bond acceptors (Lipinski definition) is 2. The van der Waals surface area contributed by atoms with Crippen molar-refractivity contribution in [3.05, 3.63) is 28.2 Å². The fourth-order valence-electron chi connectivity index (χ4n) is 4.42. The van der Waals surface area contributed by atoms with Crippen LogP contribution in [0.15, 0.2) is 22.7 Å². The second kappa shape index (κ2) is 4.99. The van der Waals surface area contributed by atoms with Crippen molar-refractivity contribution in [3.8, 4) is 5.75 Å². The standard InChI is InChI=1S/C18H26BrNO/c1-11(20)14-6-5-13(10-15(14)19)21-16-9-12-7-8-18(16,4)17(12,2)3/h5-6,10-12,16H,7-9,20H2,1-4H3/t11-,12?,16?,18?/m1/s1. The monoisotopic (exact) mass is 351 g/mol. The summed E-state index contributed by atoms with van der Waals surface area (Å²) in [5, 5.41) is 0. The molecule has 0 spiro atoms. The number of halogens is 1. The lowest BCUT2D eigenvalue weighted by Gasteiger charge is -2.39. The molecule has 1 aromatic carbocycles. The Kier molecular flexibility index (Phi) is 3.65. The van der Waals surface area contributed by atoms with Gasteiger partial charge in [0.15, 0.2) is 0 Å². The van der Waals surface area contributed by atoms with Gasteiger partial charge in [0.25, 0.3) is 0 Å². The summed E-state index contributed by atoms with van der Waals surface area (Å²) in [5.74, 6) is 1.76. The highest BCUT2D eigenvalue weighted by Gasteiger charge is 2.62. The lowest BCUT2D eigenvalue weighted by atomic mass is 9.70. The quantitative estimate of drug-likeness (QED) is 0.825. The number of nitrogens with two attached hydrogens (primary N) is 1. The maximum atomic E-state index is 6.39. The van der Waals surface area contributed by atoms with Gasteiger partial charge >= 0.3 is 0 Å². The zero-order chi connectivity index (χ0) is 15.4. The Morgan fingerprint density at radius 2 is 2.05 bits per heavy atom. The first-order valence-electron chi connectivity index (χ1n) is 7.97. The summed E-state index contributed by atoms with van der Waals surface area (Å²) in [6, 6.07) is 6.24. The normalized spacial score (nSPS) is 35.0. The Labute approximate surface area is 136 Å². The summed E-state index contributed by atoms with van der Waals surface area (Å²) >= 11 is 3.61. The second-order valence-corrected chi connectivity index (χ2v) is 8.54. The molecular formula is C18H26BrNO. The van der Waals surface area contributed by atoms with E-state index in [0.717, 1.165) is 21.7 Å². The number of rotatable bonds is 3. The van der Waals surface area contributed by atoms with Crippen molar-refractivity contribution in [2.75, 3.05) is 0 Å². The highest BCUT2D eigenvalue weighted by molar-refractivity contribution is 9.10. The van der Waals surface area contributed by atoms with Crippen LogP contribution >= 0.6 is 15.9 Å².